The Labute approximate surface area is 108 Å². The lowest BCUT2D eigenvalue weighted by Crippen LogP contribution is -2.40. The van der Waals surface area contributed by atoms with Gasteiger partial charge in [-0.25, -0.2) is 13.4 Å². The molecule has 0 aliphatic heterocycles. The van der Waals surface area contributed by atoms with Crippen molar-refractivity contribution in [3.8, 4) is 0 Å². The van der Waals surface area contributed by atoms with E-state index in [-0.39, 0.29) is 11.3 Å². The maximum Gasteiger partial charge on any atom is 0.151 e. The molecular formula is C12H21N3O2S. The lowest BCUT2D eigenvalue weighted by molar-refractivity contribution is 0.500. The topological polar surface area (TPSA) is 74.8 Å². The first-order valence-corrected chi connectivity index (χ1v) is 8.43. The molecule has 2 unspecified atom stereocenters. The molecule has 1 aromatic heterocycles. The molecule has 18 heavy (non-hydrogen) atoms. The van der Waals surface area contributed by atoms with Gasteiger partial charge < -0.3 is 10.3 Å². The molecule has 0 amide bonds. The van der Waals surface area contributed by atoms with Crippen molar-refractivity contribution in [2.75, 3.05) is 12.8 Å². The van der Waals surface area contributed by atoms with E-state index in [9.17, 15) is 8.42 Å². The molecule has 5 nitrogen and oxygen atoms in total. The number of hydrogen-bond donors (Lipinski definition) is 2. The fourth-order valence-corrected chi connectivity index (χ4v) is 4.07. The number of rotatable bonds is 6. The number of H-pyrrole nitrogens is 1. The van der Waals surface area contributed by atoms with E-state index in [1.807, 2.05) is 6.20 Å². The molecule has 2 N–H and O–H groups in total. The zero-order valence-corrected chi connectivity index (χ0v) is 11.5. The van der Waals surface area contributed by atoms with Crippen LogP contribution in [-0.2, 0) is 16.3 Å². The third-order valence-electron chi connectivity index (χ3n) is 3.55. The van der Waals surface area contributed by atoms with Crippen molar-refractivity contribution < 1.29 is 8.42 Å². The molecule has 0 bridgehead atoms. The van der Waals surface area contributed by atoms with E-state index in [0.29, 0.717) is 0 Å². The molecule has 0 radical (unpaired) electrons. The third-order valence-corrected chi connectivity index (χ3v) is 5.22. The fraction of sp³-hybridized carbons (Fsp3) is 0.750. The van der Waals surface area contributed by atoms with Crippen LogP contribution in [0.1, 0.15) is 31.5 Å². The van der Waals surface area contributed by atoms with Gasteiger partial charge in [-0.05, 0) is 25.8 Å². The van der Waals surface area contributed by atoms with Crippen molar-refractivity contribution in [2.24, 2.45) is 0 Å². The van der Waals surface area contributed by atoms with Crippen molar-refractivity contribution in [1.82, 2.24) is 15.3 Å². The van der Waals surface area contributed by atoms with Gasteiger partial charge in [-0.2, -0.15) is 0 Å². The Kier molecular flexibility index (Phi) is 4.40. The van der Waals surface area contributed by atoms with Crippen molar-refractivity contribution in [3.63, 3.8) is 0 Å². The van der Waals surface area contributed by atoms with E-state index < -0.39 is 9.84 Å². The first kappa shape index (κ1) is 13.5. The van der Waals surface area contributed by atoms with Gasteiger partial charge in [0.2, 0.25) is 0 Å². The molecule has 0 aromatic carbocycles. The van der Waals surface area contributed by atoms with Crippen molar-refractivity contribution in [2.45, 2.75) is 43.4 Å². The van der Waals surface area contributed by atoms with Crippen LogP contribution in [0.5, 0.6) is 0 Å². The Bertz CT molecular complexity index is 456. The number of aryl methyl sites for hydroxylation is 1. The Morgan fingerprint density at radius 3 is 3.00 bits per heavy atom. The molecule has 1 aliphatic carbocycles. The summed E-state index contributed by atoms with van der Waals surface area (Å²) in [4.78, 5) is 7.22. The first-order chi connectivity index (χ1) is 8.57. The van der Waals surface area contributed by atoms with E-state index in [0.717, 1.165) is 44.5 Å². The van der Waals surface area contributed by atoms with Crippen LogP contribution in [0.3, 0.4) is 0 Å². The van der Waals surface area contributed by atoms with Crippen molar-refractivity contribution >= 4 is 9.84 Å². The normalized spacial score (nSPS) is 24.5. The van der Waals surface area contributed by atoms with Gasteiger partial charge in [0.1, 0.15) is 5.82 Å². The third kappa shape index (κ3) is 3.55. The maximum atomic E-state index is 11.6. The Morgan fingerprint density at radius 1 is 1.50 bits per heavy atom. The lowest BCUT2D eigenvalue weighted by atomic mass is 10.2. The quantitative estimate of drug-likeness (QED) is 0.754. The molecule has 102 valence electrons. The molecule has 1 aromatic rings. The predicted octanol–water partition coefficient (Wildman–Crippen LogP) is 0.898. The zero-order chi connectivity index (χ0) is 13.0. The fourth-order valence-electron chi connectivity index (χ4n) is 2.65. The summed E-state index contributed by atoms with van der Waals surface area (Å²) in [5.41, 5.74) is 0. The number of nitrogens with zero attached hydrogens (tertiary/aromatic N) is 1. The SMILES string of the molecule is CS(=O)(=O)C1CCCC1NCCCc1ncc[nH]1. The summed E-state index contributed by atoms with van der Waals surface area (Å²) in [6.45, 7) is 0.845. The highest BCUT2D eigenvalue weighted by Gasteiger charge is 2.34. The van der Waals surface area contributed by atoms with Gasteiger partial charge in [-0.3, -0.25) is 0 Å². The van der Waals surface area contributed by atoms with Crippen LogP contribution >= 0.6 is 0 Å². The molecule has 1 aliphatic rings. The minimum atomic E-state index is -2.91. The van der Waals surface area contributed by atoms with E-state index in [2.05, 4.69) is 15.3 Å². The molecule has 1 saturated carbocycles. The van der Waals surface area contributed by atoms with E-state index in [1.54, 1.807) is 6.20 Å². The van der Waals surface area contributed by atoms with Crippen LogP contribution in [0.15, 0.2) is 12.4 Å². The van der Waals surface area contributed by atoms with Gasteiger partial charge in [0.15, 0.2) is 9.84 Å². The van der Waals surface area contributed by atoms with Crippen LogP contribution in [0.4, 0.5) is 0 Å². The molecule has 0 spiro atoms. The van der Waals surface area contributed by atoms with Gasteiger partial charge in [0, 0.05) is 31.1 Å². The molecular weight excluding hydrogens is 250 g/mol. The molecule has 6 heteroatoms. The second kappa shape index (κ2) is 5.84. The van der Waals surface area contributed by atoms with Crippen LogP contribution in [0.25, 0.3) is 0 Å². The zero-order valence-electron chi connectivity index (χ0n) is 10.7. The van der Waals surface area contributed by atoms with Gasteiger partial charge >= 0.3 is 0 Å². The molecule has 0 saturated heterocycles. The summed E-state index contributed by atoms with van der Waals surface area (Å²) in [6, 6.07) is 0.136. The second-order valence-electron chi connectivity index (χ2n) is 5.00. The standard InChI is InChI=1S/C12H21N3O2S/c1-18(16,17)11-5-2-4-10(11)13-7-3-6-12-14-8-9-15-12/h8-11,13H,2-7H2,1H3,(H,14,15). The predicted molar refractivity (Wildman–Crippen MR) is 71.2 cm³/mol. The van der Waals surface area contributed by atoms with Crippen molar-refractivity contribution in [3.05, 3.63) is 18.2 Å². The number of sulfone groups is 1. The van der Waals surface area contributed by atoms with Gasteiger partial charge in [0.25, 0.3) is 0 Å². The number of nitrogens with one attached hydrogen (secondary N) is 2. The molecule has 2 rings (SSSR count). The summed E-state index contributed by atoms with van der Waals surface area (Å²) >= 11 is 0. The lowest BCUT2D eigenvalue weighted by Gasteiger charge is -2.19. The number of aromatic nitrogens is 2. The van der Waals surface area contributed by atoms with Gasteiger partial charge in [0.05, 0.1) is 5.25 Å². The van der Waals surface area contributed by atoms with E-state index >= 15 is 0 Å². The largest absolute Gasteiger partial charge is 0.349 e. The number of aromatic amines is 1. The minimum Gasteiger partial charge on any atom is -0.349 e. The highest BCUT2D eigenvalue weighted by atomic mass is 32.2. The summed E-state index contributed by atoms with van der Waals surface area (Å²) in [7, 11) is -2.91. The van der Waals surface area contributed by atoms with Crippen LogP contribution in [0, 0.1) is 0 Å². The number of hydrogen-bond acceptors (Lipinski definition) is 4. The smallest absolute Gasteiger partial charge is 0.151 e. The molecule has 1 heterocycles. The summed E-state index contributed by atoms with van der Waals surface area (Å²) < 4.78 is 23.2. The summed E-state index contributed by atoms with van der Waals surface area (Å²) in [6.07, 6.45) is 9.57. The average Bonchev–Trinajstić information content (AvgIpc) is 2.94. The van der Waals surface area contributed by atoms with E-state index in [4.69, 9.17) is 0 Å². The van der Waals surface area contributed by atoms with Crippen molar-refractivity contribution in [1.29, 1.82) is 0 Å². The second-order valence-corrected chi connectivity index (χ2v) is 7.26. The molecule has 1 fully saturated rings. The average molecular weight is 271 g/mol. The Balaban J connectivity index is 1.73. The minimum absolute atomic E-state index is 0.136. The monoisotopic (exact) mass is 271 g/mol. The number of imidazole rings is 1. The van der Waals surface area contributed by atoms with E-state index in [1.165, 1.54) is 6.26 Å². The maximum absolute atomic E-state index is 11.6. The van der Waals surface area contributed by atoms with Crippen LogP contribution < -0.4 is 5.32 Å². The first-order valence-electron chi connectivity index (χ1n) is 6.48. The Morgan fingerprint density at radius 2 is 2.33 bits per heavy atom. The highest BCUT2D eigenvalue weighted by molar-refractivity contribution is 7.91. The van der Waals surface area contributed by atoms with Crippen LogP contribution in [-0.4, -0.2) is 42.5 Å². The van der Waals surface area contributed by atoms with Gasteiger partial charge in [-0.1, -0.05) is 6.42 Å². The summed E-state index contributed by atoms with van der Waals surface area (Å²) in [5.74, 6) is 0.989. The van der Waals surface area contributed by atoms with Gasteiger partial charge in [-0.15, -0.1) is 0 Å². The summed E-state index contributed by atoms with van der Waals surface area (Å²) in [5, 5.41) is 3.19. The Hall–Kier alpha value is -0.880. The molecule has 2 atom stereocenters. The highest BCUT2D eigenvalue weighted by Crippen LogP contribution is 2.24. The van der Waals surface area contributed by atoms with Crippen LogP contribution in [0.2, 0.25) is 0 Å².